The number of ether oxygens (including phenoxy) is 1. The Hall–Kier alpha value is -2.33. The van der Waals surface area contributed by atoms with Crippen LogP contribution in [0, 0.1) is 0 Å². The van der Waals surface area contributed by atoms with Crippen LogP contribution in [0.3, 0.4) is 0 Å². The molecule has 26 heavy (non-hydrogen) atoms. The van der Waals surface area contributed by atoms with Gasteiger partial charge in [0.05, 0.1) is 13.5 Å². The van der Waals surface area contributed by atoms with E-state index in [1.807, 2.05) is 26.0 Å². The monoisotopic (exact) mass is 373 g/mol. The Morgan fingerprint density at radius 1 is 1.08 bits per heavy atom. The van der Waals surface area contributed by atoms with E-state index in [0.717, 1.165) is 29.7 Å². The first-order valence-electron chi connectivity index (χ1n) is 8.69. The summed E-state index contributed by atoms with van der Waals surface area (Å²) >= 11 is 6.30. The predicted molar refractivity (Wildman–Crippen MR) is 106 cm³/mol. The quantitative estimate of drug-likeness (QED) is 0.705. The Balaban J connectivity index is 2.31. The standard InChI is InChI=1S/C21H24ClNO3/c1-5-14-7-9-18(22)17(6-2)21(14)23-20(25)12-16-11-15(13(3)24)8-10-19(16)26-4/h7-11H,5-6,12H2,1-4H3,(H,23,25). The molecule has 0 radical (unpaired) electrons. The molecule has 0 spiro atoms. The van der Waals surface area contributed by atoms with Gasteiger partial charge in [0.25, 0.3) is 0 Å². The van der Waals surface area contributed by atoms with Crippen LogP contribution in [0.1, 0.15) is 47.8 Å². The van der Waals surface area contributed by atoms with E-state index >= 15 is 0 Å². The van der Waals surface area contributed by atoms with Crippen molar-refractivity contribution in [2.24, 2.45) is 0 Å². The van der Waals surface area contributed by atoms with E-state index in [1.54, 1.807) is 25.3 Å². The molecule has 0 atom stereocenters. The smallest absolute Gasteiger partial charge is 0.228 e. The molecule has 138 valence electrons. The molecule has 0 heterocycles. The van der Waals surface area contributed by atoms with Gasteiger partial charge in [-0.05, 0) is 55.2 Å². The molecule has 0 saturated carbocycles. The fraction of sp³-hybridized carbons (Fsp3) is 0.333. The van der Waals surface area contributed by atoms with Gasteiger partial charge < -0.3 is 10.1 Å². The Morgan fingerprint density at radius 3 is 2.38 bits per heavy atom. The number of carbonyl (C=O) groups is 2. The average molecular weight is 374 g/mol. The van der Waals surface area contributed by atoms with E-state index in [1.165, 1.54) is 6.92 Å². The maximum Gasteiger partial charge on any atom is 0.228 e. The van der Waals surface area contributed by atoms with Gasteiger partial charge in [0.1, 0.15) is 5.75 Å². The Labute approximate surface area is 159 Å². The van der Waals surface area contributed by atoms with Crippen molar-refractivity contribution < 1.29 is 14.3 Å². The van der Waals surface area contributed by atoms with Crippen LogP contribution >= 0.6 is 11.6 Å². The van der Waals surface area contributed by atoms with Gasteiger partial charge in [-0.15, -0.1) is 0 Å². The number of hydrogen-bond acceptors (Lipinski definition) is 3. The lowest BCUT2D eigenvalue weighted by Gasteiger charge is -2.16. The molecule has 0 bridgehead atoms. The number of carbonyl (C=O) groups excluding carboxylic acids is 2. The van der Waals surface area contributed by atoms with Crippen molar-refractivity contribution in [1.82, 2.24) is 0 Å². The number of anilines is 1. The zero-order valence-electron chi connectivity index (χ0n) is 15.6. The van der Waals surface area contributed by atoms with Crippen molar-refractivity contribution in [2.45, 2.75) is 40.0 Å². The molecule has 1 amide bonds. The first-order valence-corrected chi connectivity index (χ1v) is 9.06. The first-order chi connectivity index (χ1) is 12.4. The van der Waals surface area contributed by atoms with E-state index in [9.17, 15) is 9.59 Å². The summed E-state index contributed by atoms with van der Waals surface area (Å²) in [6.45, 7) is 5.55. The number of Topliss-reactive ketones (excluding diaryl/α,β-unsaturated/α-hetero) is 1. The molecule has 5 heteroatoms. The zero-order valence-corrected chi connectivity index (χ0v) is 16.4. The summed E-state index contributed by atoms with van der Waals surface area (Å²) in [5.41, 5.74) is 4.00. The van der Waals surface area contributed by atoms with Crippen LogP contribution in [0.2, 0.25) is 5.02 Å². The van der Waals surface area contributed by atoms with E-state index in [2.05, 4.69) is 5.32 Å². The third-order valence-electron chi connectivity index (χ3n) is 4.38. The molecule has 2 rings (SSSR count). The summed E-state index contributed by atoms with van der Waals surface area (Å²) in [4.78, 5) is 24.3. The minimum absolute atomic E-state index is 0.0503. The van der Waals surface area contributed by atoms with Crippen LogP contribution in [0.4, 0.5) is 5.69 Å². The van der Waals surface area contributed by atoms with Gasteiger partial charge in [0, 0.05) is 21.8 Å². The highest BCUT2D eigenvalue weighted by molar-refractivity contribution is 6.32. The zero-order chi connectivity index (χ0) is 19.3. The highest BCUT2D eigenvalue weighted by Gasteiger charge is 2.16. The molecule has 2 aromatic carbocycles. The molecular weight excluding hydrogens is 350 g/mol. The summed E-state index contributed by atoms with van der Waals surface area (Å²) in [5.74, 6) is 0.365. The van der Waals surface area contributed by atoms with Gasteiger partial charge in [-0.1, -0.05) is 31.5 Å². The maximum absolute atomic E-state index is 12.7. The Morgan fingerprint density at radius 2 is 1.81 bits per heavy atom. The number of aryl methyl sites for hydroxylation is 1. The molecular formula is C21H24ClNO3. The molecule has 0 unspecified atom stereocenters. The molecule has 0 aliphatic carbocycles. The molecule has 2 aromatic rings. The van der Waals surface area contributed by atoms with Gasteiger partial charge in [-0.3, -0.25) is 9.59 Å². The Kier molecular flexibility index (Phi) is 6.81. The third kappa shape index (κ3) is 4.44. The molecule has 0 aliphatic rings. The maximum atomic E-state index is 12.7. The van der Waals surface area contributed by atoms with Gasteiger partial charge in [-0.2, -0.15) is 0 Å². The summed E-state index contributed by atoms with van der Waals surface area (Å²) in [5, 5.41) is 3.66. The van der Waals surface area contributed by atoms with Crippen molar-refractivity contribution in [3.8, 4) is 5.75 Å². The summed E-state index contributed by atoms with van der Waals surface area (Å²) in [6, 6.07) is 8.93. The first kappa shape index (κ1) is 20.0. The average Bonchev–Trinajstić information content (AvgIpc) is 2.62. The molecule has 0 aliphatic heterocycles. The summed E-state index contributed by atoms with van der Waals surface area (Å²) < 4.78 is 5.33. The Bertz CT molecular complexity index is 830. The predicted octanol–water partition coefficient (Wildman–Crippen LogP) is 4.86. The normalized spacial score (nSPS) is 10.5. The second-order valence-corrected chi connectivity index (χ2v) is 6.48. The number of hydrogen-bond donors (Lipinski definition) is 1. The second-order valence-electron chi connectivity index (χ2n) is 6.07. The number of amides is 1. The van der Waals surface area contributed by atoms with Crippen molar-refractivity contribution in [2.75, 3.05) is 12.4 Å². The lowest BCUT2D eigenvalue weighted by Crippen LogP contribution is -2.18. The SMILES string of the molecule is CCc1ccc(Cl)c(CC)c1NC(=O)Cc1cc(C(C)=O)ccc1OC. The van der Waals surface area contributed by atoms with E-state index < -0.39 is 0 Å². The van der Waals surface area contributed by atoms with Crippen LogP contribution in [0.5, 0.6) is 5.75 Å². The van der Waals surface area contributed by atoms with Crippen molar-refractivity contribution in [3.05, 3.63) is 57.6 Å². The molecule has 0 saturated heterocycles. The highest BCUT2D eigenvalue weighted by Crippen LogP contribution is 2.30. The third-order valence-corrected chi connectivity index (χ3v) is 4.73. The topological polar surface area (TPSA) is 55.4 Å². The van der Waals surface area contributed by atoms with Crippen LogP contribution in [-0.2, 0) is 24.1 Å². The van der Waals surface area contributed by atoms with E-state index in [4.69, 9.17) is 16.3 Å². The fourth-order valence-electron chi connectivity index (χ4n) is 2.96. The highest BCUT2D eigenvalue weighted by atomic mass is 35.5. The van der Waals surface area contributed by atoms with Crippen LogP contribution in [0.25, 0.3) is 0 Å². The van der Waals surface area contributed by atoms with E-state index in [0.29, 0.717) is 21.9 Å². The number of ketones is 1. The van der Waals surface area contributed by atoms with E-state index in [-0.39, 0.29) is 18.1 Å². The lowest BCUT2D eigenvalue weighted by atomic mass is 10.0. The van der Waals surface area contributed by atoms with Crippen LogP contribution < -0.4 is 10.1 Å². The van der Waals surface area contributed by atoms with Gasteiger partial charge >= 0.3 is 0 Å². The summed E-state index contributed by atoms with van der Waals surface area (Å²) in [6.07, 6.45) is 1.64. The fourth-order valence-corrected chi connectivity index (χ4v) is 3.25. The number of nitrogens with one attached hydrogen (secondary N) is 1. The summed E-state index contributed by atoms with van der Waals surface area (Å²) in [7, 11) is 1.55. The molecule has 0 fully saturated rings. The van der Waals surface area contributed by atoms with Crippen LogP contribution in [0.15, 0.2) is 30.3 Å². The lowest BCUT2D eigenvalue weighted by molar-refractivity contribution is -0.115. The molecule has 1 N–H and O–H groups in total. The second kappa shape index (κ2) is 8.86. The van der Waals surface area contributed by atoms with Crippen molar-refractivity contribution in [3.63, 3.8) is 0 Å². The van der Waals surface area contributed by atoms with Crippen molar-refractivity contribution in [1.29, 1.82) is 0 Å². The van der Waals surface area contributed by atoms with Gasteiger partial charge in [-0.25, -0.2) is 0 Å². The number of benzene rings is 2. The van der Waals surface area contributed by atoms with Crippen molar-refractivity contribution >= 4 is 29.0 Å². The molecule has 0 aromatic heterocycles. The number of methoxy groups -OCH3 is 1. The van der Waals surface area contributed by atoms with Gasteiger partial charge in [0.2, 0.25) is 5.91 Å². The largest absolute Gasteiger partial charge is 0.496 e. The minimum atomic E-state index is -0.171. The number of rotatable bonds is 7. The van der Waals surface area contributed by atoms with Gasteiger partial charge in [0.15, 0.2) is 5.78 Å². The minimum Gasteiger partial charge on any atom is -0.496 e. The number of halogens is 1. The molecule has 4 nitrogen and oxygen atoms in total. The van der Waals surface area contributed by atoms with Crippen LogP contribution in [-0.4, -0.2) is 18.8 Å².